The lowest BCUT2D eigenvalue weighted by Crippen LogP contribution is -2.29. The Labute approximate surface area is 182 Å². The van der Waals surface area contributed by atoms with E-state index < -0.39 is 5.97 Å². The molecule has 1 aliphatic carbocycles. The van der Waals surface area contributed by atoms with Gasteiger partial charge in [0.05, 0.1) is 17.3 Å². The third-order valence-electron chi connectivity index (χ3n) is 5.77. The molecule has 6 nitrogen and oxygen atoms in total. The number of hydrogen-bond donors (Lipinski definition) is 3. The van der Waals surface area contributed by atoms with E-state index in [0.29, 0.717) is 25.7 Å². The van der Waals surface area contributed by atoms with Crippen LogP contribution in [0.1, 0.15) is 36.3 Å². The Balaban J connectivity index is 1.43. The predicted molar refractivity (Wildman–Crippen MR) is 117 cm³/mol. The van der Waals surface area contributed by atoms with E-state index in [4.69, 9.17) is 10.1 Å². The summed E-state index contributed by atoms with van der Waals surface area (Å²) < 4.78 is 0.828. The fourth-order valence-electron chi connectivity index (χ4n) is 4.02. The third kappa shape index (κ3) is 4.70. The summed E-state index contributed by atoms with van der Waals surface area (Å²) >= 11 is 5.33. The second-order valence-electron chi connectivity index (χ2n) is 7.71. The number of carbonyl (C=O) groups excluding carboxylic acids is 1. The van der Waals surface area contributed by atoms with Crippen LogP contribution in [0.25, 0.3) is 10.6 Å². The second kappa shape index (κ2) is 8.93. The maximum absolute atomic E-state index is 12.6. The minimum Gasteiger partial charge on any atom is -0.481 e. The predicted octanol–water partition coefficient (Wildman–Crippen LogP) is 4.09. The standard InChI is InChI=1S/C21H24BrN3O3S/c22-15-11-14(20-25-17-7-9-23-10-8-18(17)29-20)5-6-16(15)24-19(26)12-1-3-13(4-2-12)21(27)28/h5-6,11-13,23H,1-4,7-10H2,(H,24,26)(H,27,28)/t12-,13-. The Morgan fingerprint density at radius 2 is 1.86 bits per heavy atom. The molecule has 0 unspecified atom stereocenters. The smallest absolute Gasteiger partial charge is 0.306 e. The summed E-state index contributed by atoms with van der Waals surface area (Å²) in [4.78, 5) is 29.9. The van der Waals surface area contributed by atoms with Crippen LogP contribution in [0.4, 0.5) is 5.69 Å². The topological polar surface area (TPSA) is 91.3 Å². The fourth-order valence-corrected chi connectivity index (χ4v) is 5.60. The quantitative estimate of drug-likeness (QED) is 0.616. The van der Waals surface area contributed by atoms with Crippen molar-refractivity contribution >= 4 is 44.8 Å². The van der Waals surface area contributed by atoms with E-state index >= 15 is 0 Å². The van der Waals surface area contributed by atoms with Gasteiger partial charge in [0.25, 0.3) is 0 Å². The number of carbonyl (C=O) groups is 2. The van der Waals surface area contributed by atoms with Crippen LogP contribution in [0, 0.1) is 11.8 Å². The maximum atomic E-state index is 12.6. The molecule has 1 aliphatic heterocycles. The van der Waals surface area contributed by atoms with Gasteiger partial charge in [0.15, 0.2) is 0 Å². The molecule has 1 fully saturated rings. The Kier molecular flexibility index (Phi) is 6.32. The highest BCUT2D eigenvalue weighted by molar-refractivity contribution is 9.10. The number of rotatable bonds is 4. The SMILES string of the molecule is O=C(O)[C@H]1CC[C@H](C(=O)Nc2ccc(-c3nc4c(s3)CCNCC4)cc2Br)CC1. The molecule has 0 bridgehead atoms. The van der Waals surface area contributed by atoms with E-state index in [0.717, 1.165) is 46.7 Å². The van der Waals surface area contributed by atoms with Gasteiger partial charge in [-0.3, -0.25) is 9.59 Å². The van der Waals surface area contributed by atoms with E-state index in [-0.39, 0.29) is 17.7 Å². The number of carboxylic acids is 1. The van der Waals surface area contributed by atoms with Crippen molar-refractivity contribution in [1.29, 1.82) is 0 Å². The molecule has 2 aromatic rings. The first kappa shape index (κ1) is 20.5. The number of anilines is 1. The van der Waals surface area contributed by atoms with Crippen LogP contribution in [0.5, 0.6) is 0 Å². The molecule has 1 aromatic carbocycles. The van der Waals surface area contributed by atoms with Crippen LogP contribution < -0.4 is 10.6 Å². The molecule has 154 valence electrons. The first-order chi connectivity index (χ1) is 14.0. The van der Waals surface area contributed by atoms with Crippen LogP contribution >= 0.6 is 27.3 Å². The zero-order chi connectivity index (χ0) is 20.4. The summed E-state index contributed by atoms with van der Waals surface area (Å²) in [6.45, 7) is 1.97. The van der Waals surface area contributed by atoms with Crippen molar-refractivity contribution in [3.05, 3.63) is 33.2 Å². The molecule has 1 aromatic heterocycles. The summed E-state index contributed by atoms with van der Waals surface area (Å²) in [6, 6.07) is 5.92. The molecule has 2 heterocycles. The summed E-state index contributed by atoms with van der Waals surface area (Å²) in [7, 11) is 0. The van der Waals surface area contributed by atoms with Gasteiger partial charge in [-0.25, -0.2) is 4.98 Å². The van der Waals surface area contributed by atoms with Crippen LogP contribution in [0.15, 0.2) is 22.7 Å². The van der Waals surface area contributed by atoms with Crippen LogP contribution in [-0.4, -0.2) is 35.1 Å². The van der Waals surface area contributed by atoms with E-state index in [1.54, 1.807) is 11.3 Å². The highest BCUT2D eigenvalue weighted by atomic mass is 79.9. The molecule has 2 aliphatic rings. The van der Waals surface area contributed by atoms with Crippen molar-refractivity contribution in [2.75, 3.05) is 18.4 Å². The van der Waals surface area contributed by atoms with Crippen LogP contribution in [0.2, 0.25) is 0 Å². The summed E-state index contributed by atoms with van der Waals surface area (Å²) in [6.07, 6.45) is 4.36. The number of aromatic nitrogens is 1. The molecule has 0 spiro atoms. The first-order valence-corrected chi connectivity index (χ1v) is 11.6. The van der Waals surface area contributed by atoms with Gasteiger partial charge in [-0.05, 0) is 66.2 Å². The van der Waals surface area contributed by atoms with Crippen molar-refractivity contribution in [3.8, 4) is 10.6 Å². The van der Waals surface area contributed by atoms with Gasteiger partial charge >= 0.3 is 5.97 Å². The molecule has 0 saturated heterocycles. The molecule has 8 heteroatoms. The van der Waals surface area contributed by atoms with Crippen LogP contribution in [-0.2, 0) is 22.4 Å². The molecule has 3 N–H and O–H groups in total. The number of benzene rings is 1. The average molecular weight is 478 g/mol. The van der Waals surface area contributed by atoms with E-state index in [2.05, 4.69) is 26.6 Å². The van der Waals surface area contributed by atoms with Gasteiger partial charge in [-0.2, -0.15) is 0 Å². The molecular formula is C21H24BrN3O3S. The zero-order valence-electron chi connectivity index (χ0n) is 16.0. The molecule has 1 amide bonds. The number of thiazole rings is 1. The average Bonchev–Trinajstić information content (AvgIpc) is 3.00. The summed E-state index contributed by atoms with van der Waals surface area (Å²) in [5.41, 5.74) is 2.98. The summed E-state index contributed by atoms with van der Waals surface area (Å²) in [5.74, 6) is -1.22. The zero-order valence-corrected chi connectivity index (χ0v) is 18.4. The fraction of sp³-hybridized carbons (Fsp3) is 0.476. The molecule has 29 heavy (non-hydrogen) atoms. The van der Waals surface area contributed by atoms with Gasteiger partial charge in [0.1, 0.15) is 5.01 Å². The van der Waals surface area contributed by atoms with Gasteiger partial charge in [-0.1, -0.05) is 0 Å². The van der Waals surface area contributed by atoms with Gasteiger partial charge in [0.2, 0.25) is 5.91 Å². The van der Waals surface area contributed by atoms with Crippen molar-refractivity contribution in [1.82, 2.24) is 10.3 Å². The number of nitrogens with one attached hydrogen (secondary N) is 2. The van der Waals surface area contributed by atoms with Crippen molar-refractivity contribution < 1.29 is 14.7 Å². The van der Waals surface area contributed by atoms with Crippen LogP contribution in [0.3, 0.4) is 0 Å². The highest BCUT2D eigenvalue weighted by Crippen LogP contribution is 2.35. The molecule has 0 radical (unpaired) electrons. The molecule has 0 atom stereocenters. The van der Waals surface area contributed by atoms with Crippen molar-refractivity contribution in [2.45, 2.75) is 38.5 Å². The van der Waals surface area contributed by atoms with Gasteiger partial charge in [0, 0.05) is 40.3 Å². The lowest BCUT2D eigenvalue weighted by Gasteiger charge is -2.25. The Morgan fingerprint density at radius 1 is 1.14 bits per heavy atom. The number of fused-ring (bicyclic) bond motifs is 1. The van der Waals surface area contributed by atoms with Crippen molar-refractivity contribution in [2.24, 2.45) is 11.8 Å². The number of aliphatic carboxylic acids is 1. The number of nitrogens with zero attached hydrogens (tertiary/aromatic N) is 1. The Bertz CT molecular complexity index is 898. The lowest BCUT2D eigenvalue weighted by atomic mass is 9.81. The molecular weight excluding hydrogens is 454 g/mol. The maximum Gasteiger partial charge on any atom is 0.306 e. The molecule has 1 saturated carbocycles. The Morgan fingerprint density at radius 3 is 2.59 bits per heavy atom. The van der Waals surface area contributed by atoms with Crippen molar-refractivity contribution in [3.63, 3.8) is 0 Å². The number of amides is 1. The highest BCUT2D eigenvalue weighted by Gasteiger charge is 2.30. The minimum absolute atomic E-state index is 0.0317. The Hall–Kier alpha value is -1.77. The third-order valence-corrected chi connectivity index (χ3v) is 7.63. The van der Waals surface area contributed by atoms with Gasteiger partial charge < -0.3 is 15.7 Å². The van der Waals surface area contributed by atoms with Gasteiger partial charge in [-0.15, -0.1) is 11.3 Å². The largest absolute Gasteiger partial charge is 0.481 e. The van der Waals surface area contributed by atoms with E-state index in [1.807, 2.05) is 18.2 Å². The van der Waals surface area contributed by atoms with E-state index in [1.165, 1.54) is 10.6 Å². The lowest BCUT2D eigenvalue weighted by molar-refractivity contribution is -0.143. The number of halogens is 1. The van der Waals surface area contributed by atoms with E-state index in [9.17, 15) is 9.59 Å². The molecule has 4 rings (SSSR count). The number of hydrogen-bond acceptors (Lipinski definition) is 5. The number of carboxylic acid groups (broad SMARTS) is 1. The normalized spacial score (nSPS) is 21.8. The second-order valence-corrected chi connectivity index (χ2v) is 9.65. The first-order valence-electron chi connectivity index (χ1n) is 10.0. The minimum atomic E-state index is -0.752. The monoisotopic (exact) mass is 477 g/mol. The summed E-state index contributed by atoms with van der Waals surface area (Å²) in [5, 5.41) is 16.5.